The summed E-state index contributed by atoms with van der Waals surface area (Å²) in [5, 5.41) is 17.8. The van der Waals surface area contributed by atoms with E-state index in [9.17, 15) is 14.3 Å². The van der Waals surface area contributed by atoms with Gasteiger partial charge in [-0.1, -0.05) is 20.8 Å². The first-order valence-electron chi connectivity index (χ1n) is 14.0. The van der Waals surface area contributed by atoms with Gasteiger partial charge in [0.1, 0.15) is 11.4 Å². The third kappa shape index (κ3) is 6.87. The van der Waals surface area contributed by atoms with Crippen LogP contribution in [0.25, 0.3) is 10.4 Å². The molecule has 1 amide bonds. The maximum atomic E-state index is 14.5. The lowest BCUT2D eigenvalue weighted by Crippen LogP contribution is -2.52. The molecule has 214 valence electrons. The van der Waals surface area contributed by atoms with Crippen LogP contribution >= 0.6 is 11.3 Å². The Hall–Kier alpha value is -2.88. The van der Waals surface area contributed by atoms with Crippen molar-refractivity contribution < 1.29 is 19.0 Å². The normalized spacial score (nSPS) is 19.3. The number of rotatable bonds is 9. The van der Waals surface area contributed by atoms with Crippen LogP contribution in [0.1, 0.15) is 76.1 Å². The van der Waals surface area contributed by atoms with Crippen molar-refractivity contribution in [3.05, 3.63) is 64.7 Å². The molecule has 1 aromatic carbocycles. The van der Waals surface area contributed by atoms with Gasteiger partial charge in [0.25, 0.3) is 0 Å². The predicted octanol–water partition coefficient (Wildman–Crippen LogP) is 5.38. The van der Waals surface area contributed by atoms with E-state index < -0.39 is 12.1 Å². The fourth-order valence-corrected chi connectivity index (χ4v) is 6.43. The molecule has 5 rings (SSSR count). The van der Waals surface area contributed by atoms with Crippen LogP contribution < -0.4 is 15.4 Å². The van der Waals surface area contributed by atoms with Gasteiger partial charge < -0.3 is 20.5 Å². The number of carbonyl (C=O) groups is 1. The number of nitrogens with one attached hydrogen (secondary N) is 2. The highest BCUT2D eigenvalue weighted by Gasteiger charge is 2.46. The molecule has 1 aliphatic carbocycles. The fourth-order valence-electron chi connectivity index (χ4n) is 5.82. The van der Waals surface area contributed by atoms with Crippen LogP contribution in [-0.2, 0) is 17.6 Å². The molecule has 2 aliphatic rings. The average Bonchev–Trinajstić information content (AvgIpc) is 3.39. The molecule has 3 aromatic rings. The number of benzene rings is 1. The van der Waals surface area contributed by atoms with Crippen molar-refractivity contribution >= 4 is 17.2 Å². The first-order chi connectivity index (χ1) is 19.0. The molecule has 0 bridgehead atoms. The number of ether oxygens (including phenoxy) is 1. The fraction of sp³-hybridized carbons (Fsp3) is 0.516. The van der Waals surface area contributed by atoms with Gasteiger partial charge in [-0.3, -0.25) is 9.78 Å². The highest BCUT2D eigenvalue weighted by atomic mass is 32.1. The second-order valence-electron chi connectivity index (χ2n) is 12.6. The SMILES string of the molecule is CC(=O)N[C@@H](Cc1cc(F)cc(-c2cncs2)c1)[C@@H](O)CN[C@H]1CC2(CCC2)Oc2ncc(CC(C)(C)C)cc21. The number of aliphatic hydroxyl groups is 1. The summed E-state index contributed by atoms with van der Waals surface area (Å²) in [7, 11) is 0. The molecule has 1 saturated carbocycles. The van der Waals surface area contributed by atoms with Crippen molar-refractivity contribution in [3.63, 3.8) is 0 Å². The van der Waals surface area contributed by atoms with Gasteiger partial charge in [-0.05, 0) is 78.5 Å². The summed E-state index contributed by atoms with van der Waals surface area (Å²) in [5.74, 6) is 0.0617. The van der Waals surface area contributed by atoms with E-state index >= 15 is 0 Å². The van der Waals surface area contributed by atoms with Crippen LogP contribution in [0, 0.1) is 11.2 Å². The molecule has 3 N–H and O–H groups in total. The molecule has 2 aromatic heterocycles. The number of hydrogen-bond acceptors (Lipinski definition) is 7. The average molecular weight is 567 g/mol. The molecular formula is C31H39FN4O3S. The Morgan fingerprint density at radius 3 is 2.67 bits per heavy atom. The van der Waals surface area contributed by atoms with Crippen LogP contribution in [0.3, 0.4) is 0 Å². The number of carbonyl (C=O) groups excluding carboxylic acids is 1. The highest BCUT2D eigenvalue weighted by molar-refractivity contribution is 7.13. The maximum Gasteiger partial charge on any atom is 0.218 e. The molecule has 1 aliphatic heterocycles. The lowest BCUT2D eigenvalue weighted by molar-refractivity contribution is -0.120. The van der Waals surface area contributed by atoms with E-state index in [1.807, 2.05) is 12.3 Å². The van der Waals surface area contributed by atoms with Gasteiger partial charge in [-0.25, -0.2) is 9.37 Å². The van der Waals surface area contributed by atoms with E-state index in [-0.39, 0.29) is 41.7 Å². The van der Waals surface area contributed by atoms with Gasteiger partial charge in [0.15, 0.2) is 0 Å². The minimum Gasteiger partial charge on any atom is -0.471 e. The minimum absolute atomic E-state index is 0.0313. The molecule has 0 saturated heterocycles. The van der Waals surface area contributed by atoms with Crippen molar-refractivity contribution in [3.8, 4) is 16.3 Å². The molecule has 9 heteroatoms. The summed E-state index contributed by atoms with van der Waals surface area (Å²) in [5.41, 5.74) is 5.23. The maximum absolute atomic E-state index is 14.5. The van der Waals surface area contributed by atoms with Gasteiger partial charge in [-0.15, -0.1) is 11.3 Å². The second-order valence-corrected chi connectivity index (χ2v) is 13.5. The smallest absolute Gasteiger partial charge is 0.218 e. The summed E-state index contributed by atoms with van der Waals surface area (Å²) in [6, 6.07) is 6.38. The number of halogens is 1. The Morgan fingerprint density at radius 2 is 2.02 bits per heavy atom. The van der Waals surface area contributed by atoms with E-state index in [1.54, 1.807) is 11.7 Å². The quantitative estimate of drug-likeness (QED) is 0.322. The van der Waals surface area contributed by atoms with E-state index in [0.717, 1.165) is 53.7 Å². The van der Waals surface area contributed by atoms with Crippen molar-refractivity contribution in [2.24, 2.45) is 5.41 Å². The van der Waals surface area contributed by atoms with Crippen molar-refractivity contribution in [1.29, 1.82) is 0 Å². The lowest BCUT2D eigenvalue weighted by atomic mass is 9.73. The van der Waals surface area contributed by atoms with Gasteiger partial charge in [-0.2, -0.15) is 0 Å². The first kappa shape index (κ1) is 28.6. The van der Waals surface area contributed by atoms with Crippen LogP contribution in [0.4, 0.5) is 4.39 Å². The summed E-state index contributed by atoms with van der Waals surface area (Å²) in [6.07, 6.45) is 7.84. The number of hydrogen-bond donors (Lipinski definition) is 3. The Morgan fingerprint density at radius 1 is 1.23 bits per heavy atom. The van der Waals surface area contributed by atoms with E-state index in [0.29, 0.717) is 11.4 Å². The van der Waals surface area contributed by atoms with E-state index in [1.165, 1.54) is 30.4 Å². The number of aliphatic hydroxyl groups excluding tert-OH is 1. The summed E-state index contributed by atoms with van der Waals surface area (Å²) in [4.78, 5) is 21.7. The highest BCUT2D eigenvalue weighted by Crippen LogP contribution is 2.48. The third-order valence-corrected chi connectivity index (χ3v) is 8.58. The molecule has 1 spiro atoms. The zero-order valence-electron chi connectivity index (χ0n) is 23.7. The standard InChI is InChI=1S/C31H39FN4O3S/c1-19(37)36-25(11-20-8-22(12-23(32)9-20)28-17-33-18-40-28)27(38)16-34-26-14-31(6-5-7-31)39-29-24(26)10-21(15-35-29)13-30(2,3)4/h8-10,12,15,17-18,25-27,34,38H,5-7,11,13-14,16H2,1-4H3,(H,36,37)/t25-,26-,27-/m0/s1. The van der Waals surface area contributed by atoms with Gasteiger partial charge in [0.05, 0.1) is 22.5 Å². The van der Waals surface area contributed by atoms with Gasteiger partial charge in [0.2, 0.25) is 11.8 Å². The zero-order valence-corrected chi connectivity index (χ0v) is 24.5. The molecule has 1 fully saturated rings. The van der Waals surface area contributed by atoms with Crippen molar-refractivity contribution in [1.82, 2.24) is 20.6 Å². The number of pyridine rings is 1. The van der Waals surface area contributed by atoms with Crippen molar-refractivity contribution in [2.45, 2.75) is 90.0 Å². The lowest BCUT2D eigenvalue weighted by Gasteiger charge is -2.47. The summed E-state index contributed by atoms with van der Waals surface area (Å²) in [6.45, 7) is 8.31. The molecule has 3 heterocycles. The molecule has 0 radical (unpaired) electrons. The van der Waals surface area contributed by atoms with Crippen LogP contribution in [-0.4, -0.2) is 45.3 Å². The van der Waals surface area contributed by atoms with Gasteiger partial charge >= 0.3 is 0 Å². The topological polar surface area (TPSA) is 96.4 Å². The number of aromatic nitrogens is 2. The summed E-state index contributed by atoms with van der Waals surface area (Å²) < 4.78 is 20.9. The van der Waals surface area contributed by atoms with Crippen LogP contribution in [0.15, 0.2) is 42.2 Å². The van der Waals surface area contributed by atoms with Crippen molar-refractivity contribution in [2.75, 3.05) is 6.54 Å². The number of thiazole rings is 1. The molecular weight excluding hydrogens is 527 g/mol. The van der Waals surface area contributed by atoms with Gasteiger partial charge in [0, 0.05) is 43.9 Å². The Bertz CT molecular complexity index is 1340. The molecule has 7 nitrogen and oxygen atoms in total. The number of nitrogens with zero attached hydrogens (tertiary/aromatic N) is 2. The zero-order chi connectivity index (χ0) is 28.5. The Kier molecular flexibility index (Phi) is 8.27. The summed E-state index contributed by atoms with van der Waals surface area (Å²) >= 11 is 1.44. The Labute approximate surface area is 239 Å². The monoisotopic (exact) mass is 566 g/mol. The molecule has 0 unspecified atom stereocenters. The van der Waals surface area contributed by atoms with E-state index in [2.05, 4.69) is 42.5 Å². The minimum atomic E-state index is -0.895. The molecule has 3 atom stereocenters. The number of fused-ring (bicyclic) bond motifs is 1. The first-order valence-corrected chi connectivity index (χ1v) is 14.9. The third-order valence-electron chi connectivity index (χ3n) is 7.76. The number of amides is 1. The van der Waals surface area contributed by atoms with Crippen LogP contribution in [0.5, 0.6) is 5.88 Å². The van der Waals surface area contributed by atoms with E-state index in [4.69, 9.17) is 9.72 Å². The Balaban J connectivity index is 1.33. The predicted molar refractivity (Wildman–Crippen MR) is 155 cm³/mol. The molecule has 40 heavy (non-hydrogen) atoms. The second kappa shape index (κ2) is 11.5. The largest absolute Gasteiger partial charge is 0.471 e. The van der Waals surface area contributed by atoms with Crippen LogP contribution in [0.2, 0.25) is 0 Å².